The van der Waals surface area contributed by atoms with E-state index < -0.39 is 0 Å². The third-order valence-corrected chi connectivity index (χ3v) is 7.30. The van der Waals surface area contributed by atoms with Gasteiger partial charge < -0.3 is 19.9 Å². The molecule has 1 unspecified atom stereocenters. The number of aryl methyl sites for hydroxylation is 1. The van der Waals surface area contributed by atoms with Crippen molar-refractivity contribution in [1.82, 2.24) is 30.3 Å². The monoisotopic (exact) mass is 573 g/mol. The average molecular weight is 574 g/mol. The fourth-order valence-electron chi connectivity index (χ4n) is 4.30. The van der Waals surface area contributed by atoms with Gasteiger partial charge in [-0.3, -0.25) is 4.90 Å². The lowest BCUT2D eigenvalue weighted by molar-refractivity contribution is 0.0177. The van der Waals surface area contributed by atoms with Gasteiger partial charge in [0.05, 0.1) is 19.3 Å². The number of aromatic nitrogens is 3. The highest BCUT2D eigenvalue weighted by atomic mass is 127. The number of hydrogen-bond donors (Lipinski definition) is 2. The third kappa shape index (κ3) is 6.88. The Balaban J connectivity index is 0.00000289. The van der Waals surface area contributed by atoms with Crippen molar-refractivity contribution in [3.63, 3.8) is 0 Å². The summed E-state index contributed by atoms with van der Waals surface area (Å²) in [6.45, 7) is 6.82. The van der Waals surface area contributed by atoms with Gasteiger partial charge >= 0.3 is 0 Å². The molecule has 0 aromatic carbocycles. The Hall–Kier alpha value is -1.24. The van der Waals surface area contributed by atoms with E-state index in [2.05, 4.69) is 43.2 Å². The van der Waals surface area contributed by atoms with Crippen molar-refractivity contribution in [3.8, 4) is 0 Å². The first kappa shape index (κ1) is 25.4. The molecule has 1 aliphatic heterocycles. The summed E-state index contributed by atoms with van der Waals surface area (Å²) in [6, 6.07) is 5.18. The molecule has 1 saturated carbocycles. The predicted molar refractivity (Wildman–Crippen MR) is 140 cm³/mol. The number of nitrogens with zero attached hydrogens (tertiary/aromatic N) is 5. The van der Waals surface area contributed by atoms with E-state index >= 15 is 0 Å². The van der Waals surface area contributed by atoms with Crippen LogP contribution in [0.5, 0.6) is 0 Å². The fourth-order valence-corrected chi connectivity index (χ4v) is 5.17. The zero-order chi connectivity index (χ0) is 21.5. The summed E-state index contributed by atoms with van der Waals surface area (Å²) in [4.78, 5) is 8.80. The van der Waals surface area contributed by atoms with E-state index in [4.69, 9.17) is 9.73 Å². The number of guanidine groups is 1. The van der Waals surface area contributed by atoms with Gasteiger partial charge in [-0.2, -0.15) is 0 Å². The van der Waals surface area contributed by atoms with E-state index in [-0.39, 0.29) is 24.0 Å². The molecule has 2 aromatic rings. The number of ether oxygens (including phenoxy) is 1. The first-order valence-corrected chi connectivity index (χ1v) is 12.3. The molecule has 178 valence electrons. The van der Waals surface area contributed by atoms with Crippen molar-refractivity contribution in [2.45, 2.75) is 57.7 Å². The molecule has 3 heterocycles. The standard InChI is InChI=1S/C22H35N7OS.HI/c1-17-26-27-21(28(17)2)16-24-22(25-18-7-4-3-5-8-18)23-15-19(20-9-6-14-31-20)29-10-12-30-13-11-29;/h6,9,14,18-19H,3-5,7-8,10-13,15-16H2,1-2H3,(H2,23,24,25);1H. The maximum Gasteiger partial charge on any atom is 0.191 e. The molecule has 2 N–H and O–H groups in total. The quantitative estimate of drug-likeness (QED) is 0.301. The van der Waals surface area contributed by atoms with E-state index in [1.54, 1.807) is 0 Å². The molecule has 8 nitrogen and oxygen atoms in total. The minimum absolute atomic E-state index is 0. The molecule has 1 saturated heterocycles. The highest BCUT2D eigenvalue weighted by Crippen LogP contribution is 2.25. The molecule has 32 heavy (non-hydrogen) atoms. The summed E-state index contributed by atoms with van der Waals surface area (Å²) in [5.41, 5.74) is 0. The molecule has 2 aromatic heterocycles. The number of morpholine rings is 1. The fraction of sp³-hybridized carbons (Fsp3) is 0.682. The van der Waals surface area contributed by atoms with Crippen LogP contribution in [0.3, 0.4) is 0 Å². The number of nitrogens with one attached hydrogen (secondary N) is 2. The summed E-state index contributed by atoms with van der Waals surface area (Å²) < 4.78 is 7.59. The van der Waals surface area contributed by atoms with Crippen molar-refractivity contribution >= 4 is 41.3 Å². The van der Waals surface area contributed by atoms with Crippen molar-refractivity contribution in [2.24, 2.45) is 12.0 Å². The van der Waals surface area contributed by atoms with Crippen LogP contribution in [-0.2, 0) is 18.3 Å². The molecule has 2 fully saturated rings. The topological polar surface area (TPSA) is 79.6 Å². The van der Waals surface area contributed by atoms with E-state index in [1.807, 2.05) is 29.9 Å². The largest absolute Gasteiger partial charge is 0.379 e. The Morgan fingerprint density at radius 2 is 2.03 bits per heavy atom. The van der Waals surface area contributed by atoms with Gasteiger partial charge in [0.25, 0.3) is 0 Å². The van der Waals surface area contributed by atoms with E-state index in [0.717, 1.165) is 50.5 Å². The number of rotatable bonds is 7. The van der Waals surface area contributed by atoms with Crippen LogP contribution in [0.15, 0.2) is 22.5 Å². The summed E-state index contributed by atoms with van der Waals surface area (Å²) in [5, 5.41) is 18.0. The zero-order valence-electron chi connectivity index (χ0n) is 19.1. The van der Waals surface area contributed by atoms with Crippen LogP contribution in [0.4, 0.5) is 0 Å². The Labute approximate surface area is 212 Å². The lowest BCUT2D eigenvalue weighted by Crippen LogP contribution is -2.48. The van der Waals surface area contributed by atoms with Crippen molar-refractivity contribution in [3.05, 3.63) is 34.0 Å². The molecule has 2 aliphatic rings. The second-order valence-corrected chi connectivity index (χ2v) is 9.41. The van der Waals surface area contributed by atoms with Gasteiger partial charge in [0, 0.05) is 37.6 Å². The van der Waals surface area contributed by atoms with Gasteiger partial charge in [-0.1, -0.05) is 25.3 Å². The maximum atomic E-state index is 5.58. The van der Waals surface area contributed by atoms with Gasteiger partial charge in [-0.05, 0) is 31.2 Å². The summed E-state index contributed by atoms with van der Waals surface area (Å²) in [7, 11) is 1.99. The summed E-state index contributed by atoms with van der Waals surface area (Å²) >= 11 is 1.82. The van der Waals surface area contributed by atoms with Crippen LogP contribution in [0.1, 0.15) is 54.7 Å². The number of thiophene rings is 1. The van der Waals surface area contributed by atoms with Crippen LogP contribution in [0.2, 0.25) is 0 Å². The average Bonchev–Trinajstić information content (AvgIpc) is 3.44. The number of hydrogen-bond acceptors (Lipinski definition) is 6. The Kier molecular flexibility index (Phi) is 10.2. The molecule has 0 bridgehead atoms. The third-order valence-electron chi connectivity index (χ3n) is 6.33. The first-order valence-electron chi connectivity index (χ1n) is 11.5. The van der Waals surface area contributed by atoms with E-state index in [9.17, 15) is 0 Å². The Morgan fingerprint density at radius 1 is 1.25 bits per heavy atom. The van der Waals surface area contributed by atoms with Crippen LogP contribution >= 0.6 is 35.3 Å². The van der Waals surface area contributed by atoms with Gasteiger partial charge in [0.15, 0.2) is 11.8 Å². The first-order chi connectivity index (χ1) is 15.2. The highest BCUT2D eigenvalue weighted by molar-refractivity contribution is 14.0. The maximum absolute atomic E-state index is 5.58. The Morgan fingerprint density at radius 3 is 2.69 bits per heavy atom. The van der Waals surface area contributed by atoms with Crippen molar-refractivity contribution in [2.75, 3.05) is 32.8 Å². The van der Waals surface area contributed by atoms with E-state index in [0.29, 0.717) is 18.6 Å². The molecule has 1 aliphatic carbocycles. The van der Waals surface area contributed by atoms with Crippen LogP contribution in [0.25, 0.3) is 0 Å². The minimum atomic E-state index is 0. The van der Waals surface area contributed by atoms with Gasteiger partial charge in [0.2, 0.25) is 0 Å². The number of aliphatic imine (C=N–C) groups is 1. The van der Waals surface area contributed by atoms with Crippen LogP contribution in [0, 0.1) is 6.92 Å². The second kappa shape index (κ2) is 12.9. The van der Waals surface area contributed by atoms with Crippen molar-refractivity contribution in [1.29, 1.82) is 0 Å². The molecule has 1 atom stereocenters. The predicted octanol–water partition coefficient (Wildman–Crippen LogP) is 3.24. The SMILES string of the molecule is Cc1nnc(CN=C(NCC(c2cccs2)N2CCOCC2)NC2CCCCC2)n1C.I. The minimum Gasteiger partial charge on any atom is -0.379 e. The van der Waals surface area contributed by atoms with Crippen molar-refractivity contribution < 1.29 is 4.74 Å². The van der Waals surface area contributed by atoms with Gasteiger partial charge in [-0.15, -0.1) is 45.5 Å². The lowest BCUT2D eigenvalue weighted by Gasteiger charge is -2.34. The zero-order valence-corrected chi connectivity index (χ0v) is 22.3. The van der Waals surface area contributed by atoms with E-state index in [1.165, 1.54) is 37.0 Å². The highest BCUT2D eigenvalue weighted by Gasteiger charge is 2.24. The molecular formula is C22H36IN7OS. The second-order valence-electron chi connectivity index (χ2n) is 8.43. The molecular weight excluding hydrogens is 537 g/mol. The van der Waals surface area contributed by atoms with Gasteiger partial charge in [-0.25, -0.2) is 4.99 Å². The lowest BCUT2D eigenvalue weighted by atomic mass is 9.96. The number of halogens is 1. The van der Waals surface area contributed by atoms with Crippen LogP contribution in [-0.4, -0.2) is 64.5 Å². The molecule has 10 heteroatoms. The summed E-state index contributed by atoms with van der Waals surface area (Å²) in [6.07, 6.45) is 6.34. The Bertz CT molecular complexity index is 829. The molecule has 4 rings (SSSR count). The molecule has 0 radical (unpaired) electrons. The van der Waals surface area contributed by atoms with Gasteiger partial charge in [0.1, 0.15) is 12.4 Å². The summed E-state index contributed by atoms with van der Waals surface area (Å²) in [5.74, 6) is 2.66. The molecule has 0 spiro atoms. The normalized spacial score (nSPS) is 19.4. The van der Waals surface area contributed by atoms with Crippen LogP contribution < -0.4 is 10.6 Å². The molecule has 0 amide bonds. The smallest absolute Gasteiger partial charge is 0.191 e.